The number of phenols is 1. The molecule has 1 aromatic heterocycles. The van der Waals surface area contributed by atoms with Gasteiger partial charge in [-0.05, 0) is 36.8 Å². The number of anilines is 2. The zero-order valence-corrected chi connectivity index (χ0v) is 11.1. The van der Waals surface area contributed by atoms with Crippen LogP contribution in [0.5, 0.6) is 5.75 Å². The van der Waals surface area contributed by atoms with Gasteiger partial charge in [-0.2, -0.15) is 0 Å². The number of amides is 2. The van der Waals surface area contributed by atoms with Crippen molar-refractivity contribution in [3.05, 3.63) is 47.8 Å². The molecule has 0 aliphatic rings. The van der Waals surface area contributed by atoms with Gasteiger partial charge >= 0.3 is 12.0 Å². The van der Waals surface area contributed by atoms with E-state index in [0.717, 1.165) is 11.6 Å². The standard InChI is InChI=1S/C14H13N3O4/c1-8-4-5-15-7-12(8)17-14(21)16-11-3-2-9(18)6-10(11)13(19)20/h2-7,18H,1H3,(H,19,20)(H2,16,17,21). The van der Waals surface area contributed by atoms with Crippen molar-refractivity contribution < 1.29 is 19.8 Å². The first-order valence-corrected chi connectivity index (χ1v) is 6.02. The van der Waals surface area contributed by atoms with E-state index in [1.54, 1.807) is 19.2 Å². The van der Waals surface area contributed by atoms with Crippen LogP contribution in [0.2, 0.25) is 0 Å². The van der Waals surface area contributed by atoms with E-state index >= 15 is 0 Å². The minimum atomic E-state index is -1.25. The van der Waals surface area contributed by atoms with E-state index in [0.29, 0.717) is 5.69 Å². The van der Waals surface area contributed by atoms with Gasteiger partial charge in [-0.3, -0.25) is 4.98 Å². The SMILES string of the molecule is Cc1ccncc1NC(=O)Nc1ccc(O)cc1C(=O)O. The third-order valence-corrected chi connectivity index (χ3v) is 2.77. The number of rotatable bonds is 3. The Hall–Kier alpha value is -3.09. The molecule has 2 aromatic rings. The van der Waals surface area contributed by atoms with Gasteiger partial charge in [0.05, 0.1) is 23.1 Å². The Morgan fingerprint density at radius 3 is 2.52 bits per heavy atom. The van der Waals surface area contributed by atoms with Crippen LogP contribution in [-0.2, 0) is 0 Å². The Labute approximate surface area is 120 Å². The van der Waals surface area contributed by atoms with Crippen LogP contribution in [0.1, 0.15) is 15.9 Å². The molecule has 4 N–H and O–H groups in total. The lowest BCUT2D eigenvalue weighted by Crippen LogP contribution is -2.21. The summed E-state index contributed by atoms with van der Waals surface area (Å²) in [5.41, 5.74) is 1.22. The van der Waals surface area contributed by atoms with E-state index in [1.807, 2.05) is 0 Å². The van der Waals surface area contributed by atoms with Gasteiger partial charge in [0.15, 0.2) is 0 Å². The molecule has 1 aromatic carbocycles. The van der Waals surface area contributed by atoms with E-state index in [-0.39, 0.29) is 17.0 Å². The number of aromatic carboxylic acids is 1. The Morgan fingerprint density at radius 2 is 1.86 bits per heavy atom. The average Bonchev–Trinajstić information content (AvgIpc) is 2.43. The topological polar surface area (TPSA) is 112 Å². The van der Waals surface area contributed by atoms with Crippen molar-refractivity contribution in [2.45, 2.75) is 6.92 Å². The molecule has 0 saturated heterocycles. The quantitative estimate of drug-likeness (QED) is 0.648. The molecule has 0 saturated carbocycles. The zero-order chi connectivity index (χ0) is 15.4. The Balaban J connectivity index is 2.17. The summed E-state index contributed by atoms with van der Waals surface area (Å²) < 4.78 is 0. The normalized spacial score (nSPS) is 9.95. The maximum atomic E-state index is 11.9. The van der Waals surface area contributed by atoms with Crippen LogP contribution in [0, 0.1) is 6.92 Å². The number of nitrogens with one attached hydrogen (secondary N) is 2. The molecule has 0 atom stereocenters. The summed E-state index contributed by atoms with van der Waals surface area (Å²) in [4.78, 5) is 26.9. The molecule has 1 heterocycles. The van der Waals surface area contributed by atoms with Crippen LogP contribution < -0.4 is 10.6 Å². The van der Waals surface area contributed by atoms with E-state index in [9.17, 15) is 14.7 Å². The number of hydrogen-bond acceptors (Lipinski definition) is 4. The lowest BCUT2D eigenvalue weighted by Gasteiger charge is -2.11. The number of carbonyl (C=O) groups excluding carboxylic acids is 1. The average molecular weight is 287 g/mol. The van der Waals surface area contributed by atoms with Gasteiger partial charge in [0.2, 0.25) is 0 Å². The van der Waals surface area contributed by atoms with Crippen LogP contribution in [0.3, 0.4) is 0 Å². The highest BCUT2D eigenvalue weighted by molar-refractivity contribution is 6.05. The minimum absolute atomic E-state index is 0.0827. The van der Waals surface area contributed by atoms with Crippen molar-refractivity contribution in [3.63, 3.8) is 0 Å². The number of aryl methyl sites for hydroxylation is 1. The zero-order valence-electron chi connectivity index (χ0n) is 11.1. The van der Waals surface area contributed by atoms with Gasteiger partial charge < -0.3 is 20.8 Å². The first-order chi connectivity index (χ1) is 9.97. The first-order valence-electron chi connectivity index (χ1n) is 6.02. The number of urea groups is 1. The lowest BCUT2D eigenvalue weighted by atomic mass is 10.1. The van der Waals surface area contributed by atoms with Crippen LogP contribution in [-0.4, -0.2) is 27.2 Å². The van der Waals surface area contributed by atoms with Gasteiger partial charge in [-0.1, -0.05) is 0 Å². The first kappa shape index (κ1) is 14.3. The number of aromatic hydroxyl groups is 1. The Bertz CT molecular complexity index is 700. The van der Waals surface area contributed by atoms with Crippen molar-refractivity contribution in [2.24, 2.45) is 0 Å². The van der Waals surface area contributed by atoms with E-state index in [2.05, 4.69) is 15.6 Å². The number of hydrogen-bond donors (Lipinski definition) is 4. The third kappa shape index (κ3) is 3.47. The summed E-state index contributed by atoms with van der Waals surface area (Å²) in [6.07, 6.45) is 3.09. The van der Waals surface area contributed by atoms with Gasteiger partial charge in [-0.15, -0.1) is 0 Å². The maximum Gasteiger partial charge on any atom is 0.337 e. The number of benzene rings is 1. The molecule has 0 unspecified atom stereocenters. The lowest BCUT2D eigenvalue weighted by molar-refractivity contribution is 0.0697. The number of nitrogens with zero attached hydrogens (tertiary/aromatic N) is 1. The summed E-state index contributed by atoms with van der Waals surface area (Å²) in [5.74, 6) is -1.44. The van der Waals surface area contributed by atoms with Crippen molar-refractivity contribution in [1.82, 2.24) is 4.98 Å². The van der Waals surface area contributed by atoms with Gasteiger partial charge in [0.1, 0.15) is 5.75 Å². The molecule has 108 valence electrons. The number of carbonyl (C=O) groups is 2. The molecule has 0 aliphatic heterocycles. The number of carboxylic acid groups (broad SMARTS) is 1. The number of aromatic nitrogens is 1. The predicted molar refractivity (Wildman–Crippen MR) is 76.7 cm³/mol. The summed E-state index contributed by atoms with van der Waals surface area (Å²) in [6, 6.07) is 4.80. The van der Waals surface area contributed by atoms with Crippen molar-refractivity contribution in [2.75, 3.05) is 10.6 Å². The Morgan fingerprint density at radius 1 is 1.14 bits per heavy atom. The fourth-order valence-electron chi connectivity index (χ4n) is 1.69. The molecular formula is C14H13N3O4. The van der Waals surface area contributed by atoms with Crippen LogP contribution >= 0.6 is 0 Å². The second-order valence-electron chi connectivity index (χ2n) is 4.30. The van der Waals surface area contributed by atoms with Gasteiger partial charge in [-0.25, -0.2) is 9.59 Å². The van der Waals surface area contributed by atoms with Crippen molar-refractivity contribution in [1.29, 1.82) is 0 Å². The van der Waals surface area contributed by atoms with Crippen molar-refractivity contribution >= 4 is 23.4 Å². The van der Waals surface area contributed by atoms with Crippen LogP contribution in [0.25, 0.3) is 0 Å². The molecule has 0 spiro atoms. The number of phenolic OH excluding ortho intramolecular Hbond substituents is 1. The van der Waals surface area contributed by atoms with E-state index in [4.69, 9.17) is 5.11 Å². The number of pyridine rings is 1. The summed E-state index contributed by atoms with van der Waals surface area (Å²) in [6.45, 7) is 1.81. The van der Waals surface area contributed by atoms with Gasteiger partial charge in [0, 0.05) is 6.20 Å². The summed E-state index contributed by atoms with van der Waals surface area (Å²) in [5, 5.41) is 23.3. The minimum Gasteiger partial charge on any atom is -0.508 e. The maximum absolute atomic E-state index is 11.9. The smallest absolute Gasteiger partial charge is 0.337 e. The second kappa shape index (κ2) is 5.91. The summed E-state index contributed by atoms with van der Waals surface area (Å²) in [7, 11) is 0. The summed E-state index contributed by atoms with van der Waals surface area (Å²) >= 11 is 0. The predicted octanol–water partition coefficient (Wildman–Crippen LogP) is 2.44. The molecule has 2 amide bonds. The molecule has 2 rings (SSSR count). The highest BCUT2D eigenvalue weighted by atomic mass is 16.4. The molecule has 7 nitrogen and oxygen atoms in total. The molecule has 7 heteroatoms. The highest BCUT2D eigenvalue weighted by Gasteiger charge is 2.13. The van der Waals surface area contributed by atoms with E-state index in [1.165, 1.54) is 18.3 Å². The largest absolute Gasteiger partial charge is 0.508 e. The molecule has 0 aliphatic carbocycles. The number of carboxylic acids is 1. The molecular weight excluding hydrogens is 274 g/mol. The van der Waals surface area contributed by atoms with Gasteiger partial charge in [0.25, 0.3) is 0 Å². The third-order valence-electron chi connectivity index (χ3n) is 2.77. The molecule has 0 radical (unpaired) electrons. The highest BCUT2D eigenvalue weighted by Crippen LogP contribution is 2.21. The monoisotopic (exact) mass is 287 g/mol. The fraction of sp³-hybridized carbons (Fsp3) is 0.0714. The molecule has 0 bridgehead atoms. The second-order valence-corrected chi connectivity index (χ2v) is 4.30. The van der Waals surface area contributed by atoms with Crippen molar-refractivity contribution in [3.8, 4) is 5.75 Å². The molecule has 21 heavy (non-hydrogen) atoms. The van der Waals surface area contributed by atoms with Crippen LogP contribution in [0.4, 0.5) is 16.2 Å². The molecule has 0 fully saturated rings. The van der Waals surface area contributed by atoms with Crippen LogP contribution in [0.15, 0.2) is 36.7 Å². The Kier molecular flexibility index (Phi) is 4.03. The fourth-order valence-corrected chi connectivity index (χ4v) is 1.69. The van der Waals surface area contributed by atoms with E-state index < -0.39 is 12.0 Å².